The van der Waals surface area contributed by atoms with Gasteiger partial charge in [-0.2, -0.15) is 5.10 Å². The summed E-state index contributed by atoms with van der Waals surface area (Å²) in [5.41, 5.74) is 0.856. The Morgan fingerprint density at radius 3 is 2.29 bits per heavy atom. The van der Waals surface area contributed by atoms with Gasteiger partial charge in [-0.05, 0) is 26.7 Å². The Morgan fingerprint density at radius 2 is 1.81 bits per heavy atom. The van der Waals surface area contributed by atoms with Crippen LogP contribution in [0.1, 0.15) is 49.9 Å². The number of carboxylic acids is 1. The first-order valence-electron chi connectivity index (χ1n) is 7.29. The van der Waals surface area contributed by atoms with E-state index < -0.39 is 17.5 Å². The van der Waals surface area contributed by atoms with Gasteiger partial charge in [-0.25, -0.2) is 9.59 Å². The van der Waals surface area contributed by atoms with Crippen molar-refractivity contribution < 1.29 is 14.7 Å². The van der Waals surface area contributed by atoms with Crippen molar-refractivity contribution in [1.82, 2.24) is 15.5 Å². The molecule has 1 fully saturated rings. The average molecular weight is 294 g/mol. The molecular weight excluding hydrogens is 272 g/mol. The highest BCUT2D eigenvalue weighted by molar-refractivity contribution is 5.94. The van der Waals surface area contributed by atoms with Crippen LogP contribution in [0.4, 0.5) is 10.5 Å². The zero-order chi connectivity index (χ0) is 15.5. The normalized spacial score (nSPS) is 17.8. The molecular formula is C14H22N4O3. The number of urea groups is 1. The fourth-order valence-corrected chi connectivity index (χ4v) is 2.82. The minimum Gasteiger partial charge on any atom is -0.480 e. The van der Waals surface area contributed by atoms with Crippen molar-refractivity contribution in [1.29, 1.82) is 0 Å². The Balaban J connectivity index is 2.10. The maximum absolute atomic E-state index is 12.2. The van der Waals surface area contributed by atoms with E-state index in [4.69, 9.17) is 0 Å². The molecule has 7 heteroatoms. The number of hydrogen-bond donors (Lipinski definition) is 4. The number of carbonyl (C=O) groups is 2. The third-order valence-corrected chi connectivity index (χ3v) is 4.09. The summed E-state index contributed by atoms with van der Waals surface area (Å²) in [5.74, 6) is -0.958. The van der Waals surface area contributed by atoms with Gasteiger partial charge in [0.25, 0.3) is 0 Å². The summed E-state index contributed by atoms with van der Waals surface area (Å²) < 4.78 is 0. The van der Waals surface area contributed by atoms with E-state index in [1.807, 2.05) is 0 Å². The Bertz CT molecular complexity index is 511. The Labute approximate surface area is 123 Å². The number of nitrogens with zero attached hydrogens (tertiary/aromatic N) is 1. The van der Waals surface area contributed by atoms with Crippen LogP contribution in [0.25, 0.3) is 0 Å². The molecule has 0 saturated heterocycles. The highest BCUT2D eigenvalue weighted by atomic mass is 16.4. The van der Waals surface area contributed by atoms with Crippen LogP contribution in [0.2, 0.25) is 0 Å². The Morgan fingerprint density at radius 1 is 1.19 bits per heavy atom. The van der Waals surface area contributed by atoms with E-state index in [0.29, 0.717) is 24.2 Å². The lowest BCUT2D eigenvalue weighted by molar-refractivity contribution is -0.145. The van der Waals surface area contributed by atoms with Gasteiger partial charge in [-0.3, -0.25) is 5.10 Å². The van der Waals surface area contributed by atoms with E-state index >= 15 is 0 Å². The maximum Gasteiger partial charge on any atom is 0.329 e. The zero-order valence-corrected chi connectivity index (χ0v) is 12.5. The van der Waals surface area contributed by atoms with Crippen molar-refractivity contribution in [2.45, 2.75) is 57.9 Å². The standard InChI is InChI=1S/C14H22N4O3/c1-9-11(10(2)18-17-9)15-13(21)16-14(12(19)20)7-5-3-4-6-8-14/h3-8H2,1-2H3,(H,17,18)(H,19,20)(H2,15,16,21). The minimum absolute atomic E-state index is 0.471. The summed E-state index contributed by atoms with van der Waals surface area (Å²) >= 11 is 0. The lowest BCUT2D eigenvalue weighted by Crippen LogP contribution is -2.55. The summed E-state index contributed by atoms with van der Waals surface area (Å²) in [6.45, 7) is 3.58. The van der Waals surface area contributed by atoms with E-state index in [-0.39, 0.29) is 0 Å². The van der Waals surface area contributed by atoms with Crippen LogP contribution in [0, 0.1) is 13.8 Å². The van der Waals surface area contributed by atoms with E-state index in [9.17, 15) is 14.7 Å². The molecule has 7 nitrogen and oxygen atoms in total. The molecule has 1 aliphatic carbocycles. The monoisotopic (exact) mass is 294 g/mol. The number of nitrogens with one attached hydrogen (secondary N) is 3. The number of amides is 2. The van der Waals surface area contributed by atoms with E-state index in [1.165, 1.54) is 0 Å². The fourth-order valence-electron chi connectivity index (χ4n) is 2.82. The summed E-state index contributed by atoms with van der Waals surface area (Å²) in [5, 5.41) is 21.7. The van der Waals surface area contributed by atoms with Crippen LogP contribution in [0.5, 0.6) is 0 Å². The smallest absolute Gasteiger partial charge is 0.329 e. The molecule has 0 atom stereocenters. The number of rotatable bonds is 3. The summed E-state index contributed by atoms with van der Waals surface area (Å²) in [6, 6.07) is -0.494. The first kappa shape index (κ1) is 15.3. The first-order chi connectivity index (χ1) is 9.94. The highest BCUT2D eigenvalue weighted by Gasteiger charge is 2.40. The van der Waals surface area contributed by atoms with Crippen LogP contribution in [0.15, 0.2) is 0 Å². The van der Waals surface area contributed by atoms with Gasteiger partial charge in [0.2, 0.25) is 0 Å². The molecule has 0 aromatic carbocycles. The molecule has 4 N–H and O–H groups in total. The van der Waals surface area contributed by atoms with Crippen molar-refractivity contribution in [2.24, 2.45) is 0 Å². The van der Waals surface area contributed by atoms with Crippen LogP contribution in [-0.2, 0) is 4.79 Å². The summed E-state index contributed by atoms with van der Waals surface area (Å²) in [4.78, 5) is 23.8. The summed E-state index contributed by atoms with van der Waals surface area (Å²) in [7, 11) is 0. The highest BCUT2D eigenvalue weighted by Crippen LogP contribution is 2.28. The number of aromatic amines is 1. The fraction of sp³-hybridized carbons (Fsp3) is 0.643. The lowest BCUT2D eigenvalue weighted by Gasteiger charge is -2.29. The SMILES string of the molecule is Cc1n[nH]c(C)c1NC(=O)NC1(C(=O)O)CCCCCC1. The molecule has 1 aromatic rings. The van der Waals surface area contributed by atoms with Crippen molar-refractivity contribution in [3.05, 3.63) is 11.4 Å². The molecule has 1 saturated carbocycles. The van der Waals surface area contributed by atoms with Gasteiger partial charge >= 0.3 is 12.0 Å². The van der Waals surface area contributed by atoms with Crippen LogP contribution in [0.3, 0.4) is 0 Å². The van der Waals surface area contributed by atoms with Gasteiger partial charge in [0.05, 0.1) is 17.1 Å². The third-order valence-electron chi connectivity index (χ3n) is 4.09. The molecule has 2 amide bonds. The number of carboxylic acid groups (broad SMARTS) is 1. The van der Waals surface area contributed by atoms with Gasteiger partial charge in [0, 0.05) is 0 Å². The number of H-pyrrole nitrogens is 1. The largest absolute Gasteiger partial charge is 0.480 e. The molecule has 0 spiro atoms. The minimum atomic E-state index is -1.16. The average Bonchev–Trinajstić information content (AvgIpc) is 2.66. The Hall–Kier alpha value is -2.05. The molecule has 1 aliphatic rings. The summed E-state index contributed by atoms with van der Waals surface area (Å²) in [6.07, 6.45) is 4.60. The van der Waals surface area contributed by atoms with E-state index in [0.717, 1.165) is 31.4 Å². The molecule has 116 valence electrons. The van der Waals surface area contributed by atoms with E-state index in [2.05, 4.69) is 20.8 Å². The van der Waals surface area contributed by atoms with Gasteiger partial charge < -0.3 is 15.7 Å². The lowest BCUT2D eigenvalue weighted by atomic mass is 9.90. The predicted octanol–water partition coefficient (Wildman–Crippen LogP) is 2.33. The number of anilines is 1. The van der Waals surface area contributed by atoms with Gasteiger partial charge in [-0.15, -0.1) is 0 Å². The van der Waals surface area contributed by atoms with Crippen LogP contribution < -0.4 is 10.6 Å². The van der Waals surface area contributed by atoms with Gasteiger partial charge in [0.15, 0.2) is 0 Å². The van der Waals surface area contributed by atoms with Crippen molar-refractivity contribution in [2.75, 3.05) is 5.32 Å². The van der Waals surface area contributed by atoms with Gasteiger partial charge in [0.1, 0.15) is 5.54 Å². The number of aromatic nitrogens is 2. The zero-order valence-electron chi connectivity index (χ0n) is 12.5. The second-order valence-electron chi connectivity index (χ2n) is 5.69. The second kappa shape index (κ2) is 6.15. The number of carbonyl (C=O) groups excluding carboxylic acids is 1. The number of aliphatic carboxylic acids is 1. The second-order valence-corrected chi connectivity index (χ2v) is 5.69. The molecule has 0 unspecified atom stereocenters. The molecule has 1 heterocycles. The Kier molecular flexibility index (Phi) is 4.50. The molecule has 21 heavy (non-hydrogen) atoms. The van der Waals surface area contributed by atoms with Crippen molar-refractivity contribution in [3.63, 3.8) is 0 Å². The van der Waals surface area contributed by atoms with Crippen molar-refractivity contribution in [3.8, 4) is 0 Å². The number of hydrogen-bond acceptors (Lipinski definition) is 3. The molecule has 0 aliphatic heterocycles. The van der Waals surface area contributed by atoms with Crippen LogP contribution >= 0.6 is 0 Å². The maximum atomic E-state index is 12.2. The quantitative estimate of drug-likeness (QED) is 0.642. The first-order valence-corrected chi connectivity index (χ1v) is 7.29. The molecule has 2 rings (SSSR count). The molecule has 0 bridgehead atoms. The van der Waals surface area contributed by atoms with Gasteiger partial charge in [-0.1, -0.05) is 25.7 Å². The van der Waals surface area contributed by atoms with Crippen LogP contribution in [-0.4, -0.2) is 32.8 Å². The number of aryl methyl sites for hydroxylation is 2. The molecule has 1 aromatic heterocycles. The van der Waals surface area contributed by atoms with Crippen molar-refractivity contribution >= 4 is 17.7 Å². The van der Waals surface area contributed by atoms with E-state index in [1.54, 1.807) is 13.8 Å². The third kappa shape index (κ3) is 3.34. The molecule has 0 radical (unpaired) electrons. The topological polar surface area (TPSA) is 107 Å². The predicted molar refractivity (Wildman–Crippen MR) is 78.3 cm³/mol.